The molecule has 1 aromatic rings. The van der Waals surface area contributed by atoms with Gasteiger partial charge in [-0.15, -0.1) is 12.4 Å². The van der Waals surface area contributed by atoms with Crippen molar-refractivity contribution in [2.75, 3.05) is 6.54 Å². The van der Waals surface area contributed by atoms with Crippen molar-refractivity contribution in [3.8, 4) is 6.07 Å². The first-order valence-corrected chi connectivity index (χ1v) is 6.05. The van der Waals surface area contributed by atoms with Gasteiger partial charge in [-0.05, 0) is 32.4 Å². The quantitative estimate of drug-likeness (QED) is 0.897. The van der Waals surface area contributed by atoms with Gasteiger partial charge in [0, 0.05) is 12.6 Å². The number of hydrogen-bond donors (Lipinski definition) is 2. The fourth-order valence-corrected chi connectivity index (χ4v) is 1.54. The molecule has 0 aliphatic rings. The van der Waals surface area contributed by atoms with Gasteiger partial charge >= 0.3 is 6.09 Å². The van der Waals surface area contributed by atoms with Gasteiger partial charge in [0.05, 0.1) is 11.6 Å². The summed E-state index contributed by atoms with van der Waals surface area (Å²) in [7, 11) is 0. The second kappa shape index (κ2) is 7.73. The zero-order chi connectivity index (χ0) is 14.5. The van der Waals surface area contributed by atoms with Crippen LogP contribution in [-0.4, -0.2) is 18.2 Å². The molecule has 1 atom stereocenters. The number of nitrogens with zero attached hydrogens (tertiary/aromatic N) is 1. The standard InChI is InChI=1S/C14H19N3O2.ClH/c1-14(2,3)19-13(18)17-9-12(16)11-7-5-4-6-10(11)8-15;/h4-7,12H,9,16H2,1-3H3,(H,17,18);1H. The first-order valence-electron chi connectivity index (χ1n) is 6.05. The van der Waals surface area contributed by atoms with E-state index in [9.17, 15) is 4.79 Å². The number of alkyl carbamates (subject to hydrolysis) is 1. The Bertz CT molecular complexity index is 492. The van der Waals surface area contributed by atoms with Gasteiger partial charge in [-0.2, -0.15) is 5.26 Å². The van der Waals surface area contributed by atoms with E-state index in [2.05, 4.69) is 11.4 Å². The molecular formula is C14H20ClN3O2. The molecule has 0 heterocycles. The van der Waals surface area contributed by atoms with Crippen molar-refractivity contribution < 1.29 is 9.53 Å². The molecule has 6 heteroatoms. The van der Waals surface area contributed by atoms with Crippen molar-refractivity contribution in [2.45, 2.75) is 32.4 Å². The van der Waals surface area contributed by atoms with Crippen molar-refractivity contribution >= 4 is 18.5 Å². The molecule has 0 saturated carbocycles. The predicted molar refractivity (Wildman–Crippen MR) is 79.6 cm³/mol. The number of carbonyl (C=O) groups is 1. The monoisotopic (exact) mass is 297 g/mol. The summed E-state index contributed by atoms with van der Waals surface area (Å²) in [6, 6.07) is 8.69. The Kier molecular flexibility index (Phi) is 7.05. The summed E-state index contributed by atoms with van der Waals surface area (Å²) >= 11 is 0. The van der Waals surface area contributed by atoms with Crippen LogP contribution in [0.25, 0.3) is 0 Å². The molecule has 0 fully saturated rings. The number of carbonyl (C=O) groups excluding carboxylic acids is 1. The average Bonchev–Trinajstić information content (AvgIpc) is 2.33. The summed E-state index contributed by atoms with van der Waals surface area (Å²) in [6.07, 6.45) is -0.516. The highest BCUT2D eigenvalue weighted by molar-refractivity contribution is 5.85. The molecule has 20 heavy (non-hydrogen) atoms. The molecule has 0 aliphatic heterocycles. The number of halogens is 1. The minimum atomic E-state index is -0.543. The smallest absolute Gasteiger partial charge is 0.407 e. The number of benzene rings is 1. The molecule has 5 nitrogen and oxygen atoms in total. The Morgan fingerprint density at radius 2 is 2.05 bits per heavy atom. The van der Waals surface area contributed by atoms with E-state index in [4.69, 9.17) is 15.7 Å². The molecule has 0 bridgehead atoms. The zero-order valence-electron chi connectivity index (χ0n) is 11.8. The van der Waals surface area contributed by atoms with E-state index in [0.29, 0.717) is 11.1 Å². The van der Waals surface area contributed by atoms with Crippen LogP contribution in [0.15, 0.2) is 24.3 Å². The third-order valence-corrected chi connectivity index (χ3v) is 2.35. The van der Waals surface area contributed by atoms with Crippen LogP contribution in [0.3, 0.4) is 0 Å². The van der Waals surface area contributed by atoms with E-state index in [-0.39, 0.29) is 19.0 Å². The van der Waals surface area contributed by atoms with Crippen LogP contribution in [0.4, 0.5) is 4.79 Å². The maximum absolute atomic E-state index is 11.5. The molecule has 0 spiro atoms. The van der Waals surface area contributed by atoms with Gasteiger partial charge in [-0.25, -0.2) is 4.79 Å². The average molecular weight is 298 g/mol. The van der Waals surface area contributed by atoms with Crippen LogP contribution in [-0.2, 0) is 4.74 Å². The van der Waals surface area contributed by atoms with Crippen molar-refractivity contribution in [3.63, 3.8) is 0 Å². The van der Waals surface area contributed by atoms with Gasteiger partial charge in [0.15, 0.2) is 0 Å². The summed E-state index contributed by atoms with van der Waals surface area (Å²) in [6.45, 7) is 5.58. The molecule has 1 amide bonds. The summed E-state index contributed by atoms with van der Waals surface area (Å²) < 4.78 is 5.11. The van der Waals surface area contributed by atoms with Crippen LogP contribution in [0.5, 0.6) is 0 Å². The lowest BCUT2D eigenvalue weighted by atomic mass is 10.0. The van der Waals surface area contributed by atoms with E-state index < -0.39 is 17.7 Å². The number of hydrogen-bond acceptors (Lipinski definition) is 4. The molecule has 3 N–H and O–H groups in total. The van der Waals surface area contributed by atoms with Gasteiger partial charge in [-0.3, -0.25) is 0 Å². The highest BCUT2D eigenvalue weighted by Crippen LogP contribution is 2.14. The molecule has 1 unspecified atom stereocenters. The zero-order valence-corrected chi connectivity index (χ0v) is 12.7. The Morgan fingerprint density at radius 3 is 2.60 bits per heavy atom. The minimum absolute atomic E-state index is 0. The Hall–Kier alpha value is -1.77. The lowest BCUT2D eigenvalue weighted by Gasteiger charge is -2.21. The Morgan fingerprint density at radius 1 is 1.45 bits per heavy atom. The number of nitrogens with one attached hydrogen (secondary N) is 1. The number of nitrogens with two attached hydrogens (primary N) is 1. The maximum atomic E-state index is 11.5. The molecule has 110 valence electrons. The second-order valence-electron chi connectivity index (χ2n) is 5.19. The van der Waals surface area contributed by atoms with Crippen molar-refractivity contribution in [3.05, 3.63) is 35.4 Å². The van der Waals surface area contributed by atoms with Crippen LogP contribution in [0.1, 0.15) is 37.9 Å². The molecular weight excluding hydrogens is 278 g/mol. The molecule has 0 aliphatic carbocycles. The summed E-state index contributed by atoms with van der Waals surface area (Å²) in [5.74, 6) is 0. The number of amides is 1. The van der Waals surface area contributed by atoms with Gasteiger partial charge in [0.25, 0.3) is 0 Å². The van der Waals surface area contributed by atoms with Crippen LogP contribution in [0.2, 0.25) is 0 Å². The molecule has 0 radical (unpaired) electrons. The molecule has 1 rings (SSSR count). The summed E-state index contributed by atoms with van der Waals surface area (Å²) in [5, 5.41) is 11.6. The normalized spacial score (nSPS) is 11.8. The SMILES string of the molecule is CC(C)(C)OC(=O)NCC(N)c1ccccc1C#N.Cl. The van der Waals surface area contributed by atoms with Crippen molar-refractivity contribution in [2.24, 2.45) is 5.73 Å². The van der Waals surface area contributed by atoms with Gasteiger partial charge in [0.1, 0.15) is 5.60 Å². The first kappa shape index (κ1) is 18.2. The van der Waals surface area contributed by atoms with Gasteiger partial charge in [0.2, 0.25) is 0 Å². The molecule has 0 saturated heterocycles. The predicted octanol–water partition coefficient (Wildman–Crippen LogP) is 2.50. The molecule has 1 aromatic carbocycles. The van der Waals surface area contributed by atoms with E-state index >= 15 is 0 Å². The summed E-state index contributed by atoms with van der Waals surface area (Å²) in [4.78, 5) is 11.5. The van der Waals surface area contributed by atoms with Gasteiger partial charge in [-0.1, -0.05) is 18.2 Å². The minimum Gasteiger partial charge on any atom is -0.444 e. The van der Waals surface area contributed by atoms with E-state index in [1.807, 2.05) is 6.07 Å². The number of nitriles is 1. The summed E-state index contributed by atoms with van der Waals surface area (Å²) in [5.41, 5.74) is 6.64. The Balaban J connectivity index is 0.00000361. The highest BCUT2D eigenvalue weighted by Gasteiger charge is 2.17. The topological polar surface area (TPSA) is 88.1 Å². The third-order valence-electron chi connectivity index (χ3n) is 2.35. The second-order valence-corrected chi connectivity index (χ2v) is 5.19. The fourth-order valence-electron chi connectivity index (χ4n) is 1.54. The van der Waals surface area contributed by atoms with Crippen LogP contribution in [0, 0.1) is 11.3 Å². The number of ether oxygens (including phenoxy) is 1. The lowest BCUT2D eigenvalue weighted by Crippen LogP contribution is -2.36. The highest BCUT2D eigenvalue weighted by atomic mass is 35.5. The Labute approximate surface area is 125 Å². The third kappa shape index (κ3) is 5.91. The maximum Gasteiger partial charge on any atom is 0.407 e. The first-order chi connectivity index (χ1) is 8.83. The number of rotatable bonds is 3. The van der Waals surface area contributed by atoms with Crippen molar-refractivity contribution in [1.29, 1.82) is 5.26 Å². The van der Waals surface area contributed by atoms with E-state index in [0.717, 1.165) is 0 Å². The van der Waals surface area contributed by atoms with Gasteiger partial charge < -0.3 is 15.8 Å². The van der Waals surface area contributed by atoms with E-state index in [1.165, 1.54) is 0 Å². The van der Waals surface area contributed by atoms with Crippen LogP contribution < -0.4 is 11.1 Å². The van der Waals surface area contributed by atoms with E-state index in [1.54, 1.807) is 39.0 Å². The molecule has 0 aromatic heterocycles. The van der Waals surface area contributed by atoms with Crippen LogP contribution >= 0.6 is 12.4 Å². The largest absolute Gasteiger partial charge is 0.444 e. The fraction of sp³-hybridized carbons (Fsp3) is 0.429. The lowest BCUT2D eigenvalue weighted by molar-refractivity contribution is 0.0524. The van der Waals surface area contributed by atoms with Crippen molar-refractivity contribution in [1.82, 2.24) is 5.32 Å².